The topological polar surface area (TPSA) is 104 Å². The van der Waals surface area contributed by atoms with Crippen LogP contribution in [0.5, 0.6) is 0 Å². The van der Waals surface area contributed by atoms with E-state index in [0.717, 1.165) is 5.69 Å². The molecule has 0 amide bonds. The third-order valence-electron chi connectivity index (χ3n) is 2.25. The predicted molar refractivity (Wildman–Crippen MR) is 91.1 cm³/mol. The molecule has 2 rings (SSSR count). The Balaban J connectivity index is 0.000000344. The Bertz CT molecular complexity index is 603. The van der Waals surface area contributed by atoms with Gasteiger partial charge in [-0.1, -0.05) is 54.6 Å². The van der Waals surface area contributed by atoms with Gasteiger partial charge in [0.2, 0.25) is 0 Å². The number of aliphatic carboxylic acids is 1. The van der Waals surface area contributed by atoms with Gasteiger partial charge in [-0.15, -0.1) is 0 Å². The maximum absolute atomic E-state index is 10.1. The van der Waals surface area contributed by atoms with Crippen molar-refractivity contribution in [2.75, 3.05) is 17.6 Å². The summed E-state index contributed by atoms with van der Waals surface area (Å²) in [5.74, 6) is -1.05. The average Bonchev–Trinajstić information content (AvgIpc) is 2.56. The van der Waals surface area contributed by atoms with Crippen LogP contribution in [0.3, 0.4) is 0 Å². The number of para-hydroxylation sites is 1. The first kappa shape index (κ1) is 20.6. The van der Waals surface area contributed by atoms with Gasteiger partial charge in [-0.25, -0.2) is 0 Å². The van der Waals surface area contributed by atoms with Gasteiger partial charge in [0.1, 0.15) is 6.54 Å². The van der Waals surface area contributed by atoms with E-state index in [1.54, 1.807) is 0 Å². The molecule has 0 aliphatic rings. The van der Waals surface area contributed by atoms with E-state index in [2.05, 4.69) is 5.32 Å². The number of carboxylic acids is 1. The molecule has 0 bridgehead atoms. The Kier molecular flexibility index (Phi) is 10.9. The molecular formula is C16H21NO5S. The zero-order chi connectivity index (χ0) is 17.6. The molecule has 3 N–H and O–H groups in total. The molecule has 0 aliphatic heterocycles. The normalized spacial score (nSPS) is 9.48. The molecule has 0 spiro atoms. The first-order chi connectivity index (χ1) is 10.8. The van der Waals surface area contributed by atoms with E-state index in [9.17, 15) is 13.2 Å². The lowest BCUT2D eigenvalue weighted by atomic mass is 10.3. The zero-order valence-electron chi connectivity index (χ0n) is 12.8. The molecule has 0 atom stereocenters. The van der Waals surface area contributed by atoms with Gasteiger partial charge in [-0.3, -0.25) is 9.35 Å². The smallest absolute Gasteiger partial charge is 0.322 e. The molecule has 0 heterocycles. The van der Waals surface area contributed by atoms with Crippen LogP contribution in [0.1, 0.15) is 6.92 Å². The SMILES string of the molecule is CCS(=O)(=O)O.O=C(O)CNc1ccccc1.c1ccccc1. The van der Waals surface area contributed by atoms with Crippen LogP contribution in [-0.4, -0.2) is 36.3 Å². The average molecular weight is 339 g/mol. The summed E-state index contributed by atoms with van der Waals surface area (Å²) in [6.07, 6.45) is 0. The van der Waals surface area contributed by atoms with E-state index in [1.807, 2.05) is 66.7 Å². The number of carboxylic acid groups (broad SMARTS) is 1. The van der Waals surface area contributed by atoms with Gasteiger partial charge >= 0.3 is 5.97 Å². The summed E-state index contributed by atoms with van der Waals surface area (Å²) in [6.45, 7) is 1.33. The van der Waals surface area contributed by atoms with Gasteiger partial charge in [0, 0.05) is 5.69 Å². The van der Waals surface area contributed by atoms with Gasteiger partial charge in [0.25, 0.3) is 10.1 Å². The minimum Gasteiger partial charge on any atom is -0.480 e. The van der Waals surface area contributed by atoms with Crippen LogP contribution >= 0.6 is 0 Å². The molecule has 0 fully saturated rings. The Morgan fingerprint density at radius 3 is 1.61 bits per heavy atom. The lowest BCUT2D eigenvalue weighted by Crippen LogP contribution is -2.11. The summed E-state index contributed by atoms with van der Waals surface area (Å²) in [5.41, 5.74) is 0.829. The van der Waals surface area contributed by atoms with Crippen molar-refractivity contribution in [1.29, 1.82) is 0 Å². The highest BCUT2D eigenvalue weighted by atomic mass is 32.2. The molecule has 2 aromatic carbocycles. The number of hydrogen-bond acceptors (Lipinski definition) is 4. The molecule has 0 aromatic heterocycles. The fourth-order valence-corrected chi connectivity index (χ4v) is 1.12. The highest BCUT2D eigenvalue weighted by Crippen LogP contribution is 2.03. The van der Waals surface area contributed by atoms with Gasteiger partial charge in [-0.05, 0) is 19.1 Å². The molecule has 0 aliphatic carbocycles. The lowest BCUT2D eigenvalue weighted by molar-refractivity contribution is -0.134. The highest BCUT2D eigenvalue weighted by molar-refractivity contribution is 7.85. The number of benzene rings is 2. The van der Waals surface area contributed by atoms with E-state index < -0.39 is 16.1 Å². The third kappa shape index (κ3) is 15.8. The van der Waals surface area contributed by atoms with Crippen molar-refractivity contribution in [3.8, 4) is 0 Å². The molecule has 0 unspecified atom stereocenters. The Hall–Kier alpha value is -2.38. The second-order valence-electron chi connectivity index (χ2n) is 4.14. The quantitative estimate of drug-likeness (QED) is 0.740. The first-order valence-electron chi connectivity index (χ1n) is 6.81. The van der Waals surface area contributed by atoms with E-state index in [1.165, 1.54) is 6.92 Å². The fraction of sp³-hybridized carbons (Fsp3) is 0.188. The molecule has 23 heavy (non-hydrogen) atoms. The van der Waals surface area contributed by atoms with Gasteiger partial charge in [-0.2, -0.15) is 8.42 Å². The molecule has 0 saturated carbocycles. The standard InChI is InChI=1S/C8H9NO2.C6H6.C2H6O3S/c10-8(11)6-9-7-4-2-1-3-5-7;1-2-4-6-5-3-1;1-2-6(3,4)5/h1-5,9H,6H2,(H,10,11);1-6H;2H2,1H3,(H,3,4,5). The Morgan fingerprint density at radius 1 is 0.957 bits per heavy atom. The number of carbonyl (C=O) groups is 1. The maximum Gasteiger partial charge on any atom is 0.322 e. The molecule has 2 aromatic rings. The highest BCUT2D eigenvalue weighted by Gasteiger charge is 1.94. The summed E-state index contributed by atoms with van der Waals surface area (Å²) >= 11 is 0. The van der Waals surface area contributed by atoms with E-state index >= 15 is 0 Å². The second-order valence-corrected chi connectivity index (χ2v) is 5.88. The van der Waals surface area contributed by atoms with E-state index in [0.29, 0.717) is 0 Å². The van der Waals surface area contributed by atoms with Crippen molar-refractivity contribution in [2.45, 2.75) is 6.92 Å². The van der Waals surface area contributed by atoms with Crippen molar-refractivity contribution >= 4 is 21.8 Å². The van der Waals surface area contributed by atoms with Crippen molar-refractivity contribution < 1.29 is 22.9 Å². The number of rotatable bonds is 4. The van der Waals surface area contributed by atoms with Gasteiger partial charge in [0.15, 0.2) is 0 Å². The van der Waals surface area contributed by atoms with Crippen molar-refractivity contribution in [2.24, 2.45) is 0 Å². The monoisotopic (exact) mass is 339 g/mol. The summed E-state index contributed by atoms with van der Waals surface area (Å²) in [6, 6.07) is 21.2. The van der Waals surface area contributed by atoms with Crippen molar-refractivity contribution in [3.63, 3.8) is 0 Å². The predicted octanol–water partition coefficient (Wildman–Crippen LogP) is 2.76. The van der Waals surface area contributed by atoms with Crippen LogP contribution in [-0.2, 0) is 14.9 Å². The van der Waals surface area contributed by atoms with Crippen molar-refractivity contribution in [3.05, 3.63) is 66.7 Å². The second kappa shape index (κ2) is 12.2. The number of hydrogen-bond donors (Lipinski definition) is 3. The summed E-state index contributed by atoms with van der Waals surface area (Å²) in [7, 11) is -3.66. The molecule has 7 heteroatoms. The number of anilines is 1. The largest absolute Gasteiger partial charge is 0.480 e. The summed E-state index contributed by atoms with van der Waals surface area (Å²) < 4.78 is 26.9. The maximum atomic E-state index is 10.1. The van der Waals surface area contributed by atoms with Crippen LogP contribution in [0.2, 0.25) is 0 Å². The Morgan fingerprint density at radius 2 is 1.30 bits per heavy atom. The van der Waals surface area contributed by atoms with Gasteiger partial charge < -0.3 is 10.4 Å². The molecule has 0 radical (unpaired) electrons. The minimum absolute atomic E-state index is 0.0377. The molecule has 0 saturated heterocycles. The molecule has 6 nitrogen and oxygen atoms in total. The van der Waals surface area contributed by atoms with Crippen molar-refractivity contribution in [1.82, 2.24) is 0 Å². The van der Waals surface area contributed by atoms with Crippen LogP contribution in [0.25, 0.3) is 0 Å². The summed E-state index contributed by atoms with van der Waals surface area (Å²) in [4.78, 5) is 10.1. The van der Waals surface area contributed by atoms with E-state index in [4.69, 9.17) is 9.66 Å². The third-order valence-corrected chi connectivity index (χ3v) is 2.98. The van der Waals surface area contributed by atoms with Gasteiger partial charge in [0.05, 0.1) is 5.75 Å². The fourth-order valence-electron chi connectivity index (χ4n) is 1.12. The van der Waals surface area contributed by atoms with E-state index in [-0.39, 0.29) is 12.3 Å². The molecule has 126 valence electrons. The van der Waals surface area contributed by atoms with Crippen LogP contribution in [0, 0.1) is 0 Å². The lowest BCUT2D eigenvalue weighted by Gasteiger charge is -2.00. The summed E-state index contributed by atoms with van der Waals surface area (Å²) in [5, 5.41) is 11.1. The van der Waals surface area contributed by atoms with Crippen LogP contribution in [0.15, 0.2) is 66.7 Å². The van der Waals surface area contributed by atoms with Crippen LogP contribution < -0.4 is 5.32 Å². The first-order valence-corrected chi connectivity index (χ1v) is 8.42. The Labute approximate surface area is 136 Å². The van der Waals surface area contributed by atoms with Crippen LogP contribution in [0.4, 0.5) is 5.69 Å². The minimum atomic E-state index is -3.66. The number of nitrogens with one attached hydrogen (secondary N) is 1. The zero-order valence-corrected chi connectivity index (χ0v) is 13.6. The molecular weight excluding hydrogens is 318 g/mol.